The molecule has 17 heavy (non-hydrogen) atoms. The number of imidazole rings is 1. The number of benzene rings is 1. The van der Waals surface area contributed by atoms with Crippen molar-refractivity contribution in [1.29, 1.82) is 5.26 Å². The molecular weight excluding hydrogens is 212 g/mol. The van der Waals surface area contributed by atoms with Gasteiger partial charge in [-0.3, -0.25) is 0 Å². The minimum Gasteiger partial charge on any atom is -0.348 e. The highest BCUT2D eigenvalue weighted by atomic mass is 14.9. The van der Waals surface area contributed by atoms with E-state index in [9.17, 15) is 0 Å². The minimum absolute atomic E-state index is 0.700. The molecule has 0 spiro atoms. The largest absolute Gasteiger partial charge is 0.348 e. The first-order valence-corrected chi connectivity index (χ1v) is 5.55. The van der Waals surface area contributed by atoms with Crippen LogP contribution in [0, 0.1) is 11.3 Å². The molecule has 0 saturated carbocycles. The van der Waals surface area contributed by atoms with Crippen molar-refractivity contribution in [3.63, 3.8) is 0 Å². The monoisotopic (exact) mass is 226 g/mol. The molecule has 1 heterocycles. The van der Waals surface area contributed by atoms with Gasteiger partial charge in [0.25, 0.3) is 0 Å². The molecule has 2 N–H and O–H groups in total. The quantitative estimate of drug-likeness (QED) is 0.761. The summed E-state index contributed by atoms with van der Waals surface area (Å²) in [4.78, 5) is 7.03. The van der Waals surface area contributed by atoms with Gasteiger partial charge in [-0.1, -0.05) is 12.1 Å². The van der Waals surface area contributed by atoms with Gasteiger partial charge in [-0.2, -0.15) is 5.26 Å². The van der Waals surface area contributed by atoms with Crippen molar-refractivity contribution in [3.05, 3.63) is 53.6 Å². The topological polar surface area (TPSA) is 64.5 Å². The zero-order valence-corrected chi connectivity index (χ0v) is 9.48. The fourth-order valence-corrected chi connectivity index (χ4v) is 1.57. The second-order valence-electron chi connectivity index (χ2n) is 3.81. The zero-order chi connectivity index (χ0) is 11.9. The highest BCUT2D eigenvalue weighted by Crippen LogP contribution is 2.02. The van der Waals surface area contributed by atoms with Crippen LogP contribution in [0.5, 0.6) is 0 Å². The van der Waals surface area contributed by atoms with Gasteiger partial charge < -0.3 is 10.3 Å². The van der Waals surface area contributed by atoms with Crippen LogP contribution in [0.4, 0.5) is 0 Å². The van der Waals surface area contributed by atoms with Crippen LogP contribution < -0.4 is 5.32 Å². The summed E-state index contributed by atoms with van der Waals surface area (Å²) >= 11 is 0. The Balaban J connectivity index is 1.73. The van der Waals surface area contributed by atoms with E-state index in [4.69, 9.17) is 5.26 Å². The summed E-state index contributed by atoms with van der Waals surface area (Å²) in [6, 6.07) is 9.73. The fourth-order valence-electron chi connectivity index (χ4n) is 1.57. The van der Waals surface area contributed by atoms with Crippen LogP contribution >= 0.6 is 0 Å². The summed E-state index contributed by atoms with van der Waals surface area (Å²) < 4.78 is 0. The molecule has 0 atom stereocenters. The van der Waals surface area contributed by atoms with Gasteiger partial charge in [-0.15, -0.1) is 0 Å². The average molecular weight is 226 g/mol. The molecule has 0 unspecified atom stereocenters. The Labute approximate surface area is 100 Å². The van der Waals surface area contributed by atoms with Gasteiger partial charge in [0.15, 0.2) is 0 Å². The summed E-state index contributed by atoms with van der Waals surface area (Å²) in [7, 11) is 0. The molecule has 2 rings (SSSR count). The number of aromatic nitrogens is 2. The van der Waals surface area contributed by atoms with Crippen LogP contribution in [-0.4, -0.2) is 16.5 Å². The molecular formula is C13H14N4. The van der Waals surface area contributed by atoms with E-state index in [1.165, 1.54) is 5.56 Å². The molecule has 0 fully saturated rings. The van der Waals surface area contributed by atoms with Crippen molar-refractivity contribution in [3.8, 4) is 6.07 Å². The molecule has 0 saturated heterocycles. The molecule has 4 heteroatoms. The second kappa shape index (κ2) is 5.83. The van der Waals surface area contributed by atoms with Gasteiger partial charge in [0.2, 0.25) is 0 Å². The van der Waals surface area contributed by atoms with Gasteiger partial charge in [0.05, 0.1) is 18.0 Å². The third-order valence-electron chi connectivity index (χ3n) is 2.54. The molecule has 0 aliphatic rings. The van der Waals surface area contributed by atoms with Crippen molar-refractivity contribution in [1.82, 2.24) is 15.3 Å². The number of hydrogen-bond donors (Lipinski definition) is 2. The van der Waals surface area contributed by atoms with Gasteiger partial charge in [0.1, 0.15) is 0 Å². The number of H-pyrrole nitrogens is 1. The van der Waals surface area contributed by atoms with Crippen LogP contribution in [0.2, 0.25) is 0 Å². The Morgan fingerprint density at radius 3 is 2.76 bits per heavy atom. The lowest BCUT2D eigenvalue weighted by Crippen LogP contribution is -2.16. The summed E-state index contributed by atoms with van der Waals surface area (Å²) in [6.07, 6.45) is 4.47. The Hall–Kier alpha value is -2.12. The first-order valence-electron chi connectivity index (χ1n) is 5.55. The van der Waals surface area contributed by atoms with E-state index < -0.39 is 0 Å². The third-order valence-corrected chi connectivity index (χ3v) is 2.54. The number of rotatable bonds is 5. The highest BCUT2D eigenvalue weighted by Gasteiger charge is 1.95. The third kappa shape index (κ3) is 3.44. The number of nitrogens with one attached hydrogen (secondary N) is 2. The maximum atomic E-state index is 8.67. The van der Waals surface area contributed by atoms with Gasteiger partial charge >= 0.3 is 0 Å². The molecule has 0 radical (unpaired) electrons. The van der Waals surface area contributed by atoms with Crippen LogP contribution in [-0.2, 0) is 13.0 Å². The average Bonchev–Trinajstić information content (AvgIpc) is 2.88. The Kier molecular flexibility index (Phi) is 3.90. The standard InChI is InChI=1S/C13H14N4/c14-7-11-1-3-12(4-2-11)8-15-6-5-13-9-16-10-17-13/h1-4,9-10,15H,5-6,8H2,(H,16,17). The smallest absolute Gasteiger partial charge is 0.0991 e. The lowest BCUT2D eigenvalue weighted by Gasteiger charge is -2.03. The van der Waals surface area contributed by atoms with Crippen molar-refractivity contribution in [2.45, 2.75) is 13.0 Å². The maximum absolute atomic E-state index is 8.67. The lowest BCUT2D eigenvalue weighted by atomic mass is 10.1. The summed E-state index contributed by atoms with van der Waals surface area (Å²) in [6.45, 7) is 1.72. The van der Waals surface area contributed by atoms with Gasteiger partial charge in [-0.25, -0.2) is 4.98 Å². The SMILES string of the molecule is N#Cc1ccc(CNCCc2cnc[nH]2)cc1. The van der Waals surface area contributed by atoms with Crippen molar-refractivity contribution >= 4 is 0 Å². The predicted molar refractivity (Wildman–Crippen MR) is 65.2 cm³/mol. The van der Waals surface area contributed by atoms with E-state index in [-0.39, 0.29) is 0 Å². The Morgan fingerprint density at radius 1 is 1.29 bits per heavy atom. The van der Waals surface area contributed by atoms with E-state index in [0.29, 0.717) is 5.56 Å². The number of hydrogen-bond acceptors (Lipinski definition) is 3. The molecule has 4 nitrogen and oxygen atoms in total. The maximum Gasteiger partial charge on any atom is 0.0991 e. The van der Waals surface area contributed by atoms with Crippen molar-refractivity contribution in [2.75, 3.05) is 6.54 Å². The van der Waals surface area contributed by atoms with Crippen molar-refractivity contribution in [2.24, 2.45) is 0 Å². The van der Waals surface area contributed by atoms with E-state index in [0.717, 1.165) is 25.2 Å². The number of aromatic amines is 1. The Bertz CT molecular complexity index is 479. The Morgan fingerprint density at radius 2 is 2.12 bits per heavy atom. The molecule has 2 aromatic rings. The minimum atomic E-state index is 0.700. The molecule has 0 bridgehead atoms. The van der Waals surface area contributed by atoms with Crippen molar-refractivity contribution < 1.29 is 0 Å². The molecule has 0 aliphatic heterocycles. The summed E-state index contributed by atoms with van der Waals surface area (Å²) in [5.41, 5.74) is 3.03. The van der Waals surface area contributed by atoms with Gasteiger partial charge in [-0.05, 0) is 17.7 Å². The zero-order valence-electron chi connectivity index (χ0n) is 9.48. The molecule has 0 amide bonds. The normalized spacial score (nSPS) is 10.1. The molecule has 0 aliphatic carbocycles. The first-order chi connectivity index (χ1) is 8.38. The molecule has 1 aromatic heterocycles. The number of nitriles is 1. The first kappa shape index (κ1) is 11.4. The summed E-state index contributed by atoms with van der Waals surface area (Å²) in [5.74, 6) is 0. The van der Waals surface area contributed by atoms with E-state index >= 15 is 0 Å². The van der Waals surface area contributed by atoms with Crippen LogP contribution in [0.3, 0.4) is 0 Å². The fraction of sp³-hybridized carbons (Fsp3) is 0.231. The molecule has 86 valence electrons. The lowest BCUT2D eigenvalue weighted by molar-refractivity contribution is 0.681. The van der Waals surface area contributed by atoms with E-state index in [1.807, 2.05) is 30.5 Å². The highest BCUT2D eigenvalue weighted by molar-refractivity contribution is 5.31. The number of nitrogens with zero attached hydrogens (tertiary/aromatic N) is 2. The van der Waals surface area contributed by atoms with Crippen LogP contribution in [0.25, 0.3) is 0 Å². The van der Waals surface area contributed by atoms with Gasteiger partial charge in [0, 0.05) is 31.4 Å². The molecule has 1 aromatic carbocycles. The second-order valence-corrected chi connectivity index (χ2v) is 3.81. The predicted octanol–water partition coefficient (Wildman–Crippen LogP) is 1.61. The van der Waals surface area contributed by atoms with E-state index in [2.05, 4.69) is 21.4 Å². The van der Waals surface area contributed by atoms with Crippen LogP contribution in [0.1, 0.15) is 16.8 Å². The summed E-state index contributed by atoms with van der Waals surface area (Å²) in [5, 5.41) is 12.0. The van der Waals surface area contributed by atoms with Crippen LogP contribution in [0.15, 0.2) is 36.8 Å². The van der Waals surface area contributed by atoms with E-state index in [1.54, 1.807) is 6.33 Å².